The summed E-state index contributed by atoms with van der Waals surface area (Å²) in [7, 11) is 0. The van der Waals surface area contributed by atoms with Crippen LogP contribution in [0.1, 0.15) is 12.8 Å². The smallest absolute Gasteiger partial charge is 0.134 e. The maximum absolute atomic E-state index is 6.12. The molecule has 1 fully saturated rings. The van der Waals surface area contributed by atoms with E-state index in [0.717, 1.165) is 54.1 Å². The zero-order valence-corrected chi connectivity index (χ0v) is 13.3. The summed E-state index contributed by atoms with van der Waals surface area (Å²) < 4.78 is 6.12. The van der Waals surface area contributed by atoms with Crippen LogP contribution in [0.2, 0.25) is 0 Å². The first-order valence-electron chi connectivity index (χ1n) is 8.17. The van der Waals surface area contributed by atoms with E-state index in [1.807, 2.05) is 30.5 Å². The van der Waals surface area contributed by atoms with E-state index >= 15 is 0 Å². The Morgan fingerprint density at radius 3 is 2.75 bits per heavy atom. The molecule has 0 amide bonds. The van der Waals surface area contributed by atoms with Crippen LogP contribution in [0.15, 0.2) is 49.1 Å². The number of fused-ring (bicyclic) bond motifs is 1. The van der Waals surface area contributed by atoms with Gasteiger partial charge in [-0.15, -0.1) is 0 Å². The molecule has 122 valence electrons. The number of pyridine rings is 1. The van der Waals surface area contributed by atoms with Gasteiger partial charge in [-0.1, -0.05) is 0 Å². The Morgan fingerprint density at radius 1 is 1.00 bits per heavy atom. The summed E-state index contributed by atoms with van der Waals surface area (Å²) in [5, 5.41) is 8.71. The predicted octanol–water partition coefficient (Wildman–Crippen LogP) is 2.90. The van der Waals surface area contributed by atoms with E-state index in [1.54, 1.807) is 6.20 Å². The van der Waals surface area contributed by atoms with E-state index < -0.39 is 0 Å². The lowest BCUT2D eigenvalue weighted by Gasteiger charge is -2.24. The van der Waals surface area contributed by atoms with E-state index in [9.17, 15) is 0 Å². The summed E-state index contributed by atoms with van der Waals surface area (Å²) in [6.07, 6.45) is 7.45. The van der Waals surface area contributed by atoms with Gasteiger partial charge in [0.15, 0.2) is 0 Å². The third kappa shape index (κ3) is 3.44. The van der Waals surface area contributed by atoms with Crippen molar-refractivity contribution in [1.29, 1.82) is 0 Å². The molecule has 3 heterocycles. The Kier molecular flexibility index (Phi) is 4.20. The number of hydrogen-bond acceptors (Lipinski definition) is 6. The van der Waals surface area contributed by atoms with Gasteiger partial charge in [-0.3, -0.25) is 0 Å². The SMILES string of the molecule is c1cc(Nc2cc3cc(OC4CCNCC4)ccc3cn2)ncn1. The van der Waals surface area contributed by atoms with Gasteiger partial charge in [0.1, 0.15) is 29.8 Å². The molecule has 1 aliphatic rings. The highest BCUT2D eigenvalue weighted by atomic mass is 16.5. The van der Waals surface area contributed by atoms with Crippen LogP contribution in [0.5, 0.6) is 5.75 Å². The second kappa shape index (κ2) is 6.80. The zero-order valence-electron chi connectivity index (χ0n) is 13.3. The van der Waals surface area contributed by atoms with Gasteiger partial charge in [-0.25, -0.2) is 15.0 Å². The highest BCUT2D eigenvalue weighted by Crippen LogP contribution is 2.25. The molecule has 6 nitrogen and oxygen atoms in total. The van der Waals surface area contributed by atoms with Crippen LogP contribution >= 0.6 is 0 Å². The van der Waals surface area contributed by atoms with Crippen molar-refractivity contribution >= 4 is 22.4 Å². The molecule has 1 aliphatic heterocycles. The van der Waals surface area contributed by atoms with Crippen LogP contribution in [0.4, 0.5) is 11.6 Å². The lowest BCUT2D eigenvalue weighted by atomic mass is 10.1. The van der Waals surface area contributed by atoms with Crippen molar-refractivity contribution in [2.75, 3.05) is 18.4 Å². The van der Waals surface area contributed by atoms with Gasteiger partial charge in [-0.05, 0) is 61.6 Å². The summed E-state index contributed by atoms with van der Waals surface area (Å²) in [6, 6.07) is 9.95. The number of benzene rings is 1. The summed E-state index contributed by atoms with van der Waals surface area (Å²) in [6.45, 7) is 2.05. The third-order valence-electron chi connectivity index (χ3n) is 4.12. The Morgan fingerprint density at radius 2 is 1.92 bits per heavy atom. The van der Waals surface area contributed by atoms with E-state index in [4.69, 9.17) is 4.74 Å². The van der Waals surface area contributed by atoms with Crippen LogP contribution in [-0.2, 0) is 0 Å². The summed E-state index contributed by atoms with van der Waals surface area (Å²) in [5.74, 6) is 2.38. The van der Waals surface area contributed by atoms with Crippen LogP contribution in [0.3, 0.4) is 0 Å². The molecule has 0 bridgehead atoms. The first-order valence-corrected chi connectivity index (χ1v) is 8.17. The van der Waals surface area contributed by atoms with E-state index in [-0.39, 0.29) is 0 Å². The normalized spacial score (nSPS) is 15.3. The fourth-order valence-corrected chi connectivity index (χ4v) is 2.86. The molecule has 24 heavy (non-hydrogen) atoms. The number of rotatable bonds is 4. The number of nitrogens with one attached hydrogen (secondary N) is 2. The minimum absolute atomic E-state index is 0.296. The molecule has 0 radical (unpaired) electrons. The quantitative estimate of drug-likeness (QED) is 0.770. The first kappa shape index (κ1) is 14.8. The molecule has 0 unspecified atom stereocenters. The van der Waals surface area contributed by atoms with E-state index in [2.05, 4.69) is 31.7 Å². The second-order valence-electron chi connectivity index (χ2n) is 5.87. The predicted molar refractivity (Wildman–Crippen MR) is 93.6 cm³/mol. The fourth-order valence-electron chi connectivity index (χ4n) is 2.86. The van der Waals surface area contributed by atoms with Crippen molar-refractivity contribution in [3.63, 3.8) is 0 Å². The highest BCUT2D eigenvalue weighted by molar-refractivity contribution is 5.85. The number of nitrogens with zero attached hydrogens (tertiary/aromatic N) is 3. The van der Waals surface area contributed by atoms with E-state index in [0.29, 0.717) is 6.10 Å². The van der Waals surface area contributed by atoms with Crippen molar-refractivity contribution in [3.05, 3.63) is 49.1 Å². The van der Waals surface area contributed by atoms with E-state index in [1.165, 1.54) is 6.33 Å². The average Bonchev–Trinajstić information content (AvgIpc) is 2.63. The van der Waals surface area contributed by atoms with Crippen molar-refractivity contribution < 1.29 is 4.74 Å². The largest absolute Gasteiger partial charge is 0.490 e. The van der Waals surface area contributed by atoms with Crippen LogP contribution in [0, 0.1) is 0 Å². The number of anilines is 2. The maximum Gasteiger partial charge on any atom is 0.134 e. The van der Waals surface area contributed by atoms with Gasteiger partial charge in [0.05, 0.1) is 0 Å². The molecule has 2 N–H and O–H groups in total. The molecule has 0 saturated carbocycles. The molecule has 3 aromatic rings. The number of ether oxygens (including phenoxy) is 1. The zero-order chi connectivity index (χ0) is 16.2. The summed E-state index contributed by atoms with van der Waals surface area (Å²) in [5.41, 5.74) is 0. The lowest BCUT2D eigenvalue weighted by molar-refractivity contribution is 0.162. The molecule has 2 aromatic heterocycles. The average molecular weight is 321 g/mol. The van der Waals surface area contributed by atoms with Gasteiger partial charge < -0.3 is 15.4 Å². The Bertz CT molecular complexity index is 818. The molecule has 1 saturated heterocycles. The molecule has 0 aliphatic carbocycles. The maximum atomic E-state index is 6.12. The van der Waals surface area contributed by atoms with Crippen molar-refractivity contribution in [2.24, 2.45) is 0 Å². The van der Waals surface area contributed by atoms with Gasteiger partial charge in [-0.2, -0.15) is 0 Å². The van der Waals surface area contributed by atoms with Gasteiger partial charge >= 0.3 is 0 Å². The monoisotopic (exact) mass is 321 g/mol. The minimum atomic E-state index is 0.296. The fraction of sp³-hybridized carbons (Fsp3) is 0.278. The Hall–Kier alpha value is -2.73. The molecule has 0 atom stereocenters. The van der Waals surface area contributed by atoms with Crippen molar-refractivity contribution in [3.8, 4) is 5.75 Å². The molecular weight excluding hydrogens is 302 g/mol. The topological polar surface area (TPSA) is 72.0 Å². The van der Waals surface area contributed by atoms with Crippen molar-refractivity contribution in [2.45, 2.75) is 18.9 Å². The van der Waals surface area contributed by atoms with Crippen LogP contribution < -0.4 is 15.4 Å². The number of piperidine rings is 1. The van der Waals surface area contributed by atoms with Gasteiger partial charge in [0.25, 0.3) is 0 Å². The highest BCUT2D eigenvalue weighted by Gasteiger charge is 2.14. The van der Waals surface area contributed by atoms with Gasteiger partial charge in [0.2, 0.25) is 0 Å². The molecule has 6 heteroatoms. The molecule has 1 aromatic carbocycles. The Balaban J connectivity index is 1.55. The number of hydrogen-bond donors (Lipinski definition) is 2. The lowest BCUT2D eigenvalue weighted by Crippen LogP contribution is -2.34. The standard InChI is InChI=1S/C18H19N5O/c1-2-16(24-15-3-6-19-7-4-15)9-14-10-18(21-11-13(1)14)23-17-5-8-20-12-22-17/h1-2,5,8-12,15,19H,3-4,6-7H2,(H,20,21,22,23). The summed E-state index contributed by atoms with van der Waals surface area (Å²) in [4.78, 5) is 12.5. The van der Waals surface area contributed by atoms with Crippen LogP contribution in [-0.4, -0.2) is 34.1 Å². The molecular formula is C18H19N5O. The third-order valence-corrected chi connectivity index (χ3v) is 4.12. The van der Waals surface area contributed by atoms with Gasteiger partial charge in [0, 0.05) is 17.8 Å². The first-order chi connectivity index (χ1) is 11.9. The minimum Gasteiger partial charge on any atom is -0.490 e. The Labute approximate surface area is 140 Å². The number of aromatic nitrogens is 3. The molecule has 0 spiro atoms. The van der Waals surface area contributed by atoms with Crippen molar-refractivity contribution in [1.82, 2.24) is 20.3 Å². The molecule has 4 rings (SSSR count). The van der Waals surface area contributed by atoms with Crippen LogP contribution in [0.25, 0.3) is 10.8 Å². The second-order valence-corrected chi connectivity index (χ2v) is 5.87. The summed E-state index contributed by atoms with van der Waals surface area (Å²) >= 11 is 0.